The van der Waals surface area contributed by atoms with Crippen LogP contribution in [0.5, 0.6) is 0 Å². The Labute approximate surface area is 148 Å². The summed E-state index contributed by atoms with van der Waals surface area (Å²) in [5.41, 5.74) is 0.363. The number of amides is 1. The van der Waals surface area contributed by atoms with Crippen LogP contribution in [0, 0.1) is 11.7 Å². The normalized spacial score (nSPS) is 11.0. The van der Waals surface area contributed by atoms with E-state index in [-0.39, 0.29) is 24.2 Å². The molecule has 0 aliphatic heterocycles. The highest BCUT2D eigenvalue weighted by molar-refractivity contribution is 9.10. The maximum absolute atomic E-state index is 13.8. The van der Waals surface area contributed by atoms with E-state index in [0.29, 0.717) is 20.9 Å². The number of carbonyl (C=O) groups is 1. The molecule has 1 amide bonds. The first-order valence-corrected chi connectivity index (χ1v) is 8.60. The number of hydrogen-bond acceptors (Lipinski definition) is 2. The van der Waals surface area contributed by atoms with Crippen LogP contribution in [0.15, 0.2) is 28.9 Å². The number of aromatic nitrogens is 2. The van der Waals surface area contributed by atoms with E-state index in [1.54, 1.807) is 18.3 Å². The first kappa shape index (κ1) is 17.9. The van der Waals surface area contributed by atoms with E-state index in [1.807, 2.05) is 13.8 Å². The Kier molecular flexibility index (Phi) is 6.18. The number of nitrogens with one attached hydrogen (secondary N) is 1. The van der Waals surface area contributed by atoms with Gasteiger partial charge in [-0.25, -0.2) is 4.39 Å². The molecule has 0 saturated heterocycles. The number of carbonyl (C=O) groups excluding carboxylic acids is 1. The summed E-state index contributed by atoms with van der Waals surface area (Å²) in [6.07, 6.45) is 3.22. The molecule has 0 unspecified atom stereocenters. The van der Waals surface area contributed by atoms with Crippen molar-refractivity contribution in [3.8, 4) is 0 Å². The summed E-state index contributed by atoms with van der Waals surface area (Å²) in [5.74, 6) is -0.0703. The van der Waals surface area contributed by atoms with Gasteiger partial charge in [0, 0.05) is 22.7 Å². The molecule has 2 aromatic rings. The van der Waals surface area contributed by atoms with Crippen molar-refractivity contribution in [3.63, 3.8) is 0 Å². The summed E-state index contributed by atoms with van der Waals surface area (Å²) in [6.45, 7) is 4.13. The number of anilines is 1. The van der Waals surface area contributed by atoms with Crippen molar-refractivity contribution in [1.82, 2.24) is 9.78 Å². The minimum Gasteiger partial charge on any atom is -0.308 e. The minimum atomic E-state index is -0.383. The highest BCUT2D eigenvalue weighted by Gasteiger charge is 2.18. The fraction of sp³-hybridized carbons (Fsp3) is 0.375. The second-order valence-corrected chi connectivity index (χ2v) is 6.49. The second kappa shape index (κ2) is 7.93. The fourth-order valence-electron chi connectivity index (χ4n) is 2.29. The van der Waals surface area contributed by atoms with Crippen molar-refractivity contribution in [2.45, 2.75) is 33.2 Å². The van der Waals surface area contributed by atoms with Crippen molar-refractivity contribution in [2.75, 3.05) is 5.32 Å². The van der Waals surface area contributed by atoms with Crippen molar-refractivity contribution < 1.29 is 9.18 Å². The van der Waals surface area contributed by atoms with Crippen LogP contribution in [0.1, 0.15) is 32.3 Å². The molecule has 0 atom stereocenters. The van der Waals surface area contributed by atoms with Gasteiger partial charge in [0.15, 0.2) is 5.82 Å². The van der Waals surface area contributed by atoms with Crippen LogP contribution in [0.2, 0.25) is 5.02 Å². The zero-order chi connectivity index (χ0) is 17.0. The van der Waals surface area contributed by atoms with E-state index in [9.17, 15) is 9.18 Å². The van der Waals surface area contributed by atoms with Gasteiger partial charge in [-0.1, -0.05) is 31.5 Å². The Morgan fingerprint density at radius 1 is 1.43 bits per heavy atom. The molecule has 0 saturated carbocycles. The molecule has 2 rings (SSSR count). The molecular formula is C16H18BrClFN3O. The van der Waals surface area contributed by atoms with Gasteiger partial charge in [-0.05, 0) is 40.9 Å². The number of halogens is 3. The molecule has 0 aliphatic rings. The van der Waals surface area contributed by atoms with Crippen LogP contribution in [0.3, 0.4) is 0 Å². The third kappa shape index (κ3) is 4.32. The molecule has 0 aliphatic carbocycles. The van der Waals surface area contributed by atoms with Gasteiger partial charge in [0.25, 0.3) is 0 Å². The lowest BCUT2D eigenvalue weighted by molar-refractivity contribution is -0.120. The molecule has 0 spiro atoms. The van der Waals surface area contributed by atoms with Gasteiger partial charge < -0.3 is 5.32 Å². The summed E-state index contributed by atoms with van der Waals surface area (Å²) >= 11 is 9.39. The van der Waals surface area contributed by atoms with Gasteiger partial charge in [-0.3, -0.25) is 9.48 Å². The summed E-state index contributed by atoms with van der Waals surface area (Å²) in [4.78, 5) is 12.1. The Morgan fingerprint density at radius 2 is 2.13 bits per heavy atom. The molecule has 0 radical (unpaired) electrons. The van der Waals surface area contributed by atoms with Crippen LogP contribution in [0.4, 0.5) is 10.2 Å². The number of nitrogens with zero attached hydrogens (tertiary/aromatic N) is 2. The lowest BCUT2D eigenvalue weighted by atomic mass is 10.0. The van der Waals surface area contributed by atoms with Crippen LogP contribution >= 0.6 is 27.5 Å². The van der Waals surface area contributed by atoms with Crippen LogP contribution in [0.25, 0.3) is 0 Å². The Bertz CT molecular complexity index is 680. The average molecular weight is 403 g/mol. The number of rotatable bonds is 6. The summed E-state index contributed by atoms with van der Waals surface area (Å²) in [7, 11) is 0. The third-order valence-electron chi connectivity index (χ3n) is 3.70. The summed E-state index contributed by atoms with van der Waals surface area (Å²) in [5, 5.41) is 7.44. The molecule has 7 heteroatoms. The van der Waals surface area contributed by atoms with Gasteiger partial charge in [0.05, 0.1) is 11.0 Å². The molecular weight excluding hydrogens is 385 g/mol. The number of benzene rings is 1. The third-order valence-corrected chi connectivity index (χ3v) is 4.63. The highest BCUT2D eigenvalue weighted by Crippen LogP contribution is 2.24. The van der Waals surface area contributed by atoms with Gasteiger partial charge in [-0.15, -0.1) is 0 Å². The predicted octanol–water partition coefficient (Wildman–Crippen LogP) is 4.86. The standard InChI is InChI=1S/C16H18BrClFN3O/c1-3-10(4-2)16(23)20-15-12(17)9-22(21-15)8-11-13(18)6-5-7-14(11)19/h5-7,9-10H,3-4,8H2,1-2H3,(H,20,21,23). The van der Waals surface area contributed by atoms with Crippen LogP contribution in [-0.4, -0.2) is 15.7 Å². The largest absolute Gasteiger partial charge is 0.308 e. The fourth-order valence-corrected chi connectivity index (χ4v) is 2.92. The molecule has 1 aromatic heterocycles. The maximum Gasteiger partial charge on any atom is 0.228 e. The topological polar surface area (TPSA) is 46.9 Å². The molecule has 124 valence electrons. The predicted molar refractivity (Wildman–Crippen MR) is 93.1 cm³/mol. The first-order valence-electron chi connectivity index (χ1n) is 7.42. The average Bonchev–Trinajstić information content (AvgIpc) is 2.84. The Morgan fingerprint density at radius 3 is 2.74 bits per heavy atom. The second-order valence-electron chi connectivity index (χ2n) is 5.23. The maximum atomic E-state index is 13.8. The van der Waals surface area contributed by atoms with Crippen molar-refractivity contribution in [2.24, 2.45) is 5.92 Å². The molecule has 0 bridgehead atoms. The zero-order valence-corrected chi connectivity index (χ0v) is 15.3. The summed E-state index contributed by atoms with van der Waals surface area (Å²) < 4.78 is 16.0. The molecule has 4 nitrogen and oxygen atoms in total. The monoisotopic (exact) mass is 401 g/mol. The van der Waals surface area contributed by atoms with E-state index < -0.39 is 0 Å². The van der Waals surface area contributed by atoms with Crippen molar-refractivity contribution in [1.29, 1.82) is 0 Å². The van der Waals surface area contributed by atoms with E-state index in [4.69, 9.17) is 11.6 Å². The van der Waals surface area contributed by atoms with E-state index in [1.165, 1.54) is 10.7 Å². The molecule has 23 heavy (non-hydrogen) atoms. The van der Waals surface area contributed by atoms with Crippen molar-refractivity contribution in [3.05, 3.63) is 45.3 Å². The number of hydrogen-bond donors (Lipinski definition) is 1. The van der Waals surface area contributed by atoms with Crippen molar-refractivity contribution >= 4 is 39.3 Å². The van der Waals surface area contributed by atoms with Gasteiger partial charge in [-0.2, -0.15) is 5.10 Å². The van der Waals surface area contributed by atoms with Gasteiger partial charge >= 0.3 is 0 Å². The van der Waals surface area contributed by atoms with E-state index >= 15 is 0 Å². The van der Waals surface area contributed by atoms with E-state index in [2.05, 4.69) is 26.3 Å². The first-order chi connectivity index (χ1) is 11.0. The van der Waals surface area contributed by atoms with Gasteiger partial charge in [0.2, 0.25) is 5.91 Å². The molecule has 0 fully saturated rings. The van der Waals surface area contributed by atoms with E-state index in [0.717, 1.165) is 12.8 Å². The lowest BCUT2D eigenvalue weighted by Crippen LogP contribution is -2.22. The smallest absolute Gasteiger partial charge is 0.228 e. The quantitative estimate of drug-likeness (QED) is 0.750. The Hall–Kier alpha value is -1.40. The van der Waals surface area contributed by atoms with Gasteiger partial charge in [0.1, 0.15) is 5.82 Å². The molecule has 1 heterocycles. The molecule has 1 N–H and O–H groups in total. The minimum absolute atomic E-state index is 0.0481. The molecule has 1 aromatic carbocycles. The lowest BCUT2D eigenvalue weighted by Gasteiger charge is -2.11. The van der Waals surface area contributed by atoms with Crippen LogP contribution < -0.4 is 5.32 Å². The van der Waals surface area contributed by atoms with Crippen LogP contribution in [-0.2, 0) is 11.3 Å². The zero-order valence-electron chi connectivity index (χ0n) is 12.9. The summed E-state index contributed by atoms with van der Waals surface area (Å²) in [6, 6.07) is 4.55. The Balaban J connectivity index is 2.17. The highest BCUT2D eigenvalue weighted by atomic mass is 79.9. The SMILES string of the molecule is CCC(CC)C(=O)Nc1nn(Cc2c(F)cccc2Cl)cc1Br.